The molecule has 2 unspecified atom stereocenters. The maximum atomic E-state index is 5.00. The lowest BCUT2D eigenvalue weighted by Crippen LogP contribution is -2.52. The fourth-order valence-electron chi connectivity index (χ4n) is 3.03. The number of rotatable bonds is 4. The highest BCUT2D eigenvalue weighted by atomic mass is 32.2. The van der Waals surface area contributed by atoms with Crippen LogP contribution in [0.5, 0.6) is 0 Å². The lowest BCUT2D eigenvalue weighted by Gasteiger charge is -2.42. The van der Waals surface area contributed by atoms with Gasteiger partial charge in [0, 0.05) is 16.2 Å². The van der Waals surface area contributed by atoms with Crippen LogP contribution in [0.1, 0.15) is 55.1 Å². The fraction of sp³-hybridized carbons (Fsp3) is 0.800. The van der Waals surface area contributed by atoms with Gasteiger partial charge in [0.2, 0.25) is 0 Å². The molecular formula is C15H24N2S2. The van der Waals surface area contributed by atoms with Crippen molar-refractivity contribution in [1.29, 1.82) is 0 Å². The smallest absolute Gasteiger partial charge is 0.114 e. The van der Waals surface area contributed by atoms with Crippen molar-refractivity contribution in [3.8, 4) is 0 Å². The molecule has 2 atom stereocenters. The highest BCUT2D eigenvalue weighted by molar-refractivity contribution is 8.00. The number of nitrogens with one attached hydrogen (secondary N) is 1. The quantitative estimate of drug-likeness (QED) is 0.913. The molecule has 19 heavy (non-hydrogen) atoms. The van der Waals surface area contributed by atoms with Crippen LogP contribution in [0.4, 0.5) is 0 Å². The van der Waals surface area contributed by atoms with Gasteiger partial charge < -0.3 is 5.32 Å². The summed E-state index contributed by atoms with van der Waals surface area (Å²) < 4.78 is 0. The second kappa shape index (κ2) is 5.38. The first-order chi connectivity index (χ1) is 9.15. The maximum Gasteiger partial charge on any atom is 0.114 e. The van der Waals surface area contributed by atoms with E-state index in [-0.39, 0.29) is 5.54 Å². The van der Waals surface area contributed by atoms with E-state index in [1.165, 1.54) is 47.0 Å². The van der Waals surface area contributed by atoms with E-state index in [1.54, 1.807) is 0 Å². The summed E-state index contributed by atoms with van der Waals surface area (Å²) >= 11 is 4.05. The van der Waals surface area contributed by atoms with E-state index in [0.717, 1.165) is 12.5 Å². The molecule has 1 aliphatic heterocycles. The van der Waals surface area contributed by atoms with Crippen molar-refractivity contribution in [2.24, 2.45) is 0 Å². The number of aromatic nitrogens is 1. The fourth-order valence-corrected chi connectivity index (χ4v) is 5.62. The van der Waals surface area contributed by atoms with Gasteiger partial charge in [-0.2, -0.15) is 11.8 Å². The van der Waals surface area contributed by atoms with Crippen LogP contribution in [0.25, 0.3) is 0 Å². The minimum absolute atomic E-state index is 0.146. The van der Waals surface area contributed by atoms with Crippen molar-refractivity contribution in [1.82, 2.24) is 10.3 Å². The van der Waals surface area contributed by atoms with E-state index >= 15 is 0 Å². The van der Waals surface area contributed by atoms with Crippen molar-refractivity contribution in [2.75, 3.05) is 5.75 Å². The average molecular weight is 297 g/mol. The Morgan fingerprint density at radius 1 is 1.42 bits per heavy atom. The van der Waals surface area contributed by atoms with Gasteiger partial charge in [-0.25, -0.2) is 4.98 Å². The van der Waals surface area contributed by atoms with Crippen molar-refractivity contribution in [3.63, 3.8) is 0 Å². The number of aryl methyl sites for hydroxylation is 2. The summed E-state index contributed by atoms with van der Waals surface area (Å²) in [5, 5.41) is 5.96. The van der Waals surface area contributed by atoms with E-state index in [1.807, 2.05) is 11.3 Å². The highest BCUT2D eigenvalue weighted by Gasteiger charge is 2.45. The van der Waals surface area contributed by atoms with Crippen LogP contribution in [0.3, 0.4) is 0 Å². The first kappa shape index (κ1) is 13.9. The van der Waals surface area contributed by atoms with Crippen LogP contribution in [-0.4, -0.2) is 22.0 Å². The molecule has 1 saturated carbocycles. The normalized spacial score (nSPS) is 31.6. The summed E-state index contributed by atoms with van der Waals surface area (Å²) in [6.07, 6.45) is 6.33. The van der Waals surface area contributed by atoms with Gasteiger partial charge in [0.1, 0.15) is 5.01 Å². The summed E-state index contributed by atoms with van der Waals surface area (Å²) in [5.41, 5.74) is 1.45. The summed E-state index contributed by atoms with van der Waals surface area (Å²) in [4.78, 5) is 6.41. The molecule has 0 aromatic carbocycles. The Bertz CT molecular complexity index is 453. The third-order valence-electron chi connectivity index (χ3n) is 4.43. The Morgan fingerprint density at radius 2 is 2.21 bits per heavy atom. The third kappa shape index (κ3) is 2.59. The summed E-state index contributed by atoms with van der Waals surface area (Å²) in [6.45, 7) is 6.83. The van der Waals surface area contributed by atoms with E-state index in [0.29, 0.717) is 5.25 Å². The van der Waals surface area contributed by atoms with E-state index < -0.39 is 0 Å². The topological polar surface area (TPSA) is 24.9 Å². The summed E-state index contributed by atoms with van der Waals surface area (Å²) in [5.74, 6) is 1.31. The second-order valence-electron chi connectivity index (χ2n) is 5.88. The maximum absolute atomic E-state index is 5.00. The predicted octanol–water partition coefficient (Wildman–Crippen LogP) is 3.88. The molecule has 2 aliphatic rings. The molecule has 0 amide bonds. The third-order valence-corrected chi connectivity index (χ3v) is 7.04. The minimum Gasteiger partial charge on any atom is -0.302 e. The van der Waals surface area contributed by atoms with Crippen molar-refractivity contribution in [2.45, 2.75) is 69.7 Å². The van der Waals surface area contributed by atoms with Crippen LogP contribution >= 0.6 is 23.1 Å². The Morgan fingerprint density at radius 3 is 2.79 bits per heavy atom. The molecule has 1 N–H and O–H groups in total. The van der Waals surface area contributed by atoms with Crippen molar-refractivity contribution >= 4 is 23.1 Å². The second-order valence-corrected chi connectivity index (χ2v) is 8.53. The van der Waals surface area contributed by atoms with Gasteiger partial charge in [-0.05, 0) is 44.8 Å². The Kier molecular flexibility index (Phi) is 3.93. The summed E-state index contributed by atoms with van der Waals surface area (Å²) in [7, 11) is 0. The minimum atomic E-state index is 0.146. The standard InChI is InChI=1S/C15H24N2S2/c1-4-13-10(2)19-14(16-13)15(17-12-6-7-12)8-5-9-18-11(15)3/h11-12,17H,4-9H2,1-3H3. The van der Waals surface area contributed by atoms with Crippen LogP contribution in [0, 0.1) is 6.92 Å². The molecule has 4 heteroatoms. The van der Waals surface area contributed by atoms with Gasteiger partial charge in [0.05, 0.1) is 11.2 Å². The molecule has 2 fully saturated rings. The molecule has 0 radical (unpaired) electrons. The predicted molar refractivity (Wildman–Crippen MR) is 85.2 cm³/mol. The largest absolute Gasteiger partial charge is 0.302 e. The lowest BCUT2D eigenvalue weighted by molar-refractivity contribution is 0.290. The Balaban J connectivity index is 1.96. The molecular weight excluding hydrogens is 272 g/mol. The zero-order valence-corrected chi connectivity index (χ0v) is 13.8. The Labute approximate surface area is 124 Å². The number of hydrogen-bond acceptors (Lipinski definition) is 4. The molecule has 0 bridgehead atoms. The Hall–Kier alpha value is -0.0600. The molecule has 1 aliphatic carbocycles. The van der Waals surface area contributed by atoms with Gasteiger partial charge in [-0.1, -0.05) is 13.8 Å². The first-order valence-electron chi connectivity index (χ1n) is 7.52. The lowest BCUT2D eigenvalue weighted by atomic mass is 9.89. The zero-order chi connectivity index (χ0) is 13.5. The van der Waals surface area contributed by atoms with Gasteiger partial charge >= 0.3 is 0 Å². The number of thiazole rings is 1. The van der Waals surface area contributed by atoms with Crippen LogP contribution in [0.15, 0.2) is 0 Å². The van der Waals surface area contributed by atoms with Gasteiger partial charge in [0.15, 0.2) is 0 Å². The number of nitrogens with zero attached hydrogens (tertiary/aromatic N) is 1. The van der Waals surface area contributed by atoms with Gasteiger partial charge in [-0.3, -0.25) is 0 Å². The van der Waals surface area contributed by atoms with E-state index in [2.05, 4.69) is 37.8 Å². The zero-order valence-electron chi connectivity index (χ0n) is 12.2. The van der Waals surface area contributed by atoms with E-state index in [9.17, 15) is 0 Å². The SMILES string of the molecule is CCc1nc(C2(NC3CC3)CCCSC2C)sc1C. The molecule has 2 heterocycles. The van der Waals surface area contributed by atoms with Crippen molar-refractivity contribution in [3.05, 3.63) is 15.6 Å². The molecule has 106 valence electrons. The van der Waals surface area contributed by atoms with Gasteiger partial charge in [0.25, 0.3) is 0 Å². The van der Waals surface area contributed by atoms with Gasteiger partial charge in [-0.15, -0.1) is 11.3 Å². The molecule has 0 spiro atoms. The molecule has 1 saturated heterocycles. The van der Waals surface area contributed by atoms with Crippen LogP contribution in [0.2, 0.25) is 0 Å². The number of thioether (sulfide) groups is 1. The van der Waals surface area contributed by atoms with Crippen molar-refractivity contribution < 1.29 is 0 Å². The molecule has 2 nitrogen and oxygen atoms in total. The molecule has 3 rings (SSSR count). The average Bonchev–Trinajstić information content (AvgIpc) is 3.13. The molecule has 1 aromatic heterocycles. The van der Waals surface area contributed by atoms with Crippen LogP contribution < -0.4 is 5.32 Å². The van der Waals surface area contributed by atoms with Crippen LogP contribution in [-0.2, 0) is 12.0 Å². The number of hydrogen-bond donors (Lipinski definition) is 1. The molecule has 1 aromatic rings. The summed E-state index contributed by atoms with van der Waals surface area (Å²) in [6, 6.07) is 0.746. The first-order valence-corrected chi connectivity index (χ1v) is 9.38. The monoisotopic (exact) mass is 296 g/mol. The van der Waals surface area contributed by atoms with E-state index in [4.69, 9.17) is 4.98 Å². The highest BCUT2D eigenvalue weighted by Crippen LogP contribution is 2.45.